The number of aromatic nitrogens is 4. The number of imidazole rings is 1. The van der Waals surface area contributed by atoms with Crippen LogP contribution in [-0.4, -0.2) is 33.7 Å². The Labute approximate surface area is 183 Å². The number of thiazole rings is 1. The molecule has 0 saturated heterocycles. The molecule has 2 aromatic carbocycles. The molecule has 3 aromatic heterocycles. The fourth-order valence-electron chi connectivity index (χ4n) is 3.52. The molecule has 5 aromatic rings. The van der Waals surface area contributed by atoms with Gasteiger partial charge >= 0.3 is 0 Å². The number of ether oxygens (including phenoxy) is 2. The van der Waals surface area contributed by atoms with Gasteiger partial charge in [0.05, 0.1) is 54.0 Å². The van der Waals surface area contributed by atoms with Gasteiger partial charge in [0.25, 0.3) is 0 Å². The first-order valence-corrected chi connectivity index (χ1v) is 10.7. The molecule has 0 bridgehead atoms. The molecule has 0 fully saturated rings. The van der Waals surface area contributed by atoms with Crippen molar-refractivity contribution >= 4 is 37.7 Å². The summed E-state index contributed by atoms with van der Waals surface area (Å²) in [5.74, 6) is 1.37. The zero-order valence-electron chi connectivity index (χ0n) is 17.2. The van der Waals surface area contributed by atoms with Crippen molar-refractivity contribution in [2.24, 2.45) is 0 Å². The van der Waals surface area contributed by atoms with Crippen molar-refractivity contribution < 1.29 is 9.47 Å². The maximum atomic E-state index is 5.45. The average molecular weight is 432 g/mol. The molecule has 0 atom stereocenters. The standard InChI is InChI=1S/C23H21N5O2S/c1-29-20-10-18-19(11-21(20)30-2)28(14-26-18)13-15-6-7-17-22(9-15)31-23(27-17)25-12-16-5-3-4-8-24-16/h3-11,14H,12-13H2,1-2H3,(H,25,27). The normalized spacial score (nSPS) is 11.2. The number of anilines is 1. The van der Waals surface area contributed by atoms with E-state index < -0.39 is 0 Å². The third-order valence-corrected chi connectivity index (χ3v) is 6.05. The van der Waals surface area contributed by atoms with Gasteiger partial charge < -0.3 is 19.4 Å². The van der Waals surface area contributed by atoms with Crippen LogP contribution in [0.25, 0.3) is 21.3 Å². The van der Waals surface area contributed by atoms with Crippen LogP contribution in [0.4, 0.5) is 5.13 Å². The van der Waals surface area contributed by atoms with Crippen molar-refractivity contribution in [2.75, 3.05) is 19.5 Å². The summed E-state index contributed by atoms with van der Waals surface area (Å²) < 4.78 is 14.1. The maximum Gasteiger partial charge on any atom is 0.184 e. The summed E-state index contributed by atoms with van der Waals surface area (Å²) in [7, 11) is 3.27. The van der Waals surface area contributed by atoms with Gasteiger partial charge in [-0.15, -0.1) is 0 Å². The lowest BCUT2D eigenvalue weighted by molar-refractivity contribution is 0.355. The Morgan fingerprint density at radius 3 is 2.65 bits per heavy atom. The van der Waals surface area contributed by atoms with Crippen LogP contribution in [0, 0.1) is 0 Å². The number of nitrogens with one attached hydrogen (secondary N) is 1. The minimum atomic E-state index is 0.653. The summed E-state index contributed by atoms with van der Waals surface area (Å²) in [5.41, 5.74) is 5.03. The predicted octanol–water partition coefficient (Wildman–Crippen LogP) is 4.72. The van der Waals surface area contributed by atoms with Crippen LogP contribution >= 0.6 is 11.3 Å². The third kappa shape index (κ3) is 3.89. The molecule has 0 aliphatic carbocycles. The van der Waals surface area contributed by atoms with Gasteiger partial charge in [-0.05, 0) is 29.8 Å². The van der Waals surface area contributed by atoms with E-state index in [1.54, 1.807) is 31.8 Å². The first kappa shape index (κ1) is 19.3. The molecule has 0 radical (unpaired) electrons. The minimum Gasteiger partial charge on any atom is -0.493 e. The number of rotatable bonds is 7. The molecular weight excluding hydrogens is 410 g/mol. The van der Waals surface area contributed by atoms with Crippen molar-refractivity contribution in [1.82, 2.24) is 19.5 Å². The smallest absolute Gasteiger partial charge is 0.184 e. The molecule has 0 aliphatic heterocycles. The molecule has 0 aliphatic rings. The zero-order valence-corrected chi connectivity index (χ0v) is 18.0. The highest BCUT2D eigenvalue weighted by Crippen LogP contribution is 2.32. The van der Waals surface area contributed by atoms with Crippen LogP contribution in [0.2, 0.25) is 0 Å². The van der Waals surface area contributed by atoms with E-state index in [9.17, 15) is 0 Å². The topological polar surface area (TPSA) is 74.1 Å². The largest absolute Gasteiger partial charge is 0.493 e. The molecule has 1 N–H and O–H groups in total. The summed E-state index contributed by atoms with van der Waals surface area (Å²) in [6.07, 6.45) is 3.65. The summed E-state index contributed by atoms with van der Waals surface area (Å²) in [4.78, 5) is 13.5. The van der Waals surface area contributed by atoms with E-state index in [-0.39, 0.29) is 0 Å². The summed E-state index contributed by atoms with van der Waals surface area (Å²) in [6, 6.07) is 16.1. The molecule has 0 saturated carbocycles. The first-order valence-electron chi connectivity index (χ1n) is 9.83. The van der Waals surface area contributed by atoms with Crippen molar-refractivity contribution in [3.63, 3.8) is 0 Å². The predicted molar refractivity (Wildman–Crippen MR) is 123 cm³/mol. The van der Waals surface area contributed by atoms with E-state index in [2.05, 4.69) is 43.0 Å². The number of hydrogen-bond donors (Lipinski definition) is 1. The highest BCUT2D eigenvalue weighted by molar-refractivity contribution is 7.22. The zero-order chi connectivity index (χ0) is 21.2. The molecule has 5 rings (SSSR count). The number of methoxy groups -OCH3 is 2. The SMILES string of the molecule is COc1cc2ncn(Cc3ccc4nc(NCc5ccccn5)sc4c3)c2cc1OC. The summed E-state index contributed by atoms with van der Waals surface area (Å²) in [6.45, 7) is 1.36. The molecule has 8 heteroatoms. The first-order chi connectivity index (χ1) is 15.2. The molecule has 7 nitrogen and oxygen atoms in total. The van der Waals surface area contributed by atoms with Gasteiger partial charge in [-0.25, -0.2) is 9.97 Å². The van der Waals surface area contributed by atoms with Crippen molar-refractivity contribution in [3.05, 3.63) is 72.3 Å². The van der Waals surface area contributed by atoms with Gasteiger partial charge in [0.1, 0.15) is 0 Å². The molecule has 156 valence electrons. The monoisotopic (exact) mass is 431 g/mol. The number of nitrogens with zero attached hydrogens (tertiary/aromatic N) is 4. The Hall–Kier alpha value is -3.65. The van der Waals surface area contributed by atoms with Crippen LogP contribution in [-0.2, 0) is 13.1 Å². The van der Waals surface area contributed by atoms with Gasteiger partial charge in [-0.1, -0.05) is 23.5 Å². The Morgan fingerprint density at radius 2 is 1.84 bits per heavy atom. The molecule has 0 spiro atoms. The molecule has 0 unspecified atom stereocenters. The lowest BCUT2D eigenvalue weighted by atomic mass is 10.2. The van der Waals surface area contributed by atoms with Crippen LogP contribution in [0.5, 0.6) is 11.5 Å². The van der Waals surface area contributed by atoms with Crippen molar-refractivity contribution in [1.29, 1.82) is 0 Å². The molecule has 0 amide bonds. The molecule has 3 heterocycles. The fraction of sp³-hybridized carbons (Fsp3) is 0.174. The Morgan fingerprint density at radius 1 is 0.968 bits per heavy atom. The van der Waals surface area contributed by atoms with Crippen LogP contribution in [0.1, 0.15) is 11.3 Å². The summed E-state index contributed by atoms with van der Waals surface area (Å²) in [5, 5.41) is 4.26. The number of hydrogen-bond acceptors (Lipinski definition) is 7. The van der Waals surface area contributed by atoms with Crippen LogP contribution in [0.15, 0.2) is 61.1 Å². The van der Waals surface area contributed by atoms with Gasteiger partial charge in [0, 0.05) is 24.9 Å². The van der Waals surface area contributed by atoms with Crippen molar-refractivity contribution in [3.8, 4) is 11.5 Å². The molecular formula is C23H21N5O2S. The minimum absolute atomic E-state index is 0.653. The second kappa shape index (κ2) is 8.23. The Bertz CT molecular complexity index is 1350. The summed E-state index contributed by atoms with van der Waals surface area (Å²) >= 11 is 1.65. The van der Waals surface area contributed by atoms with E-state index in [1.165, 1.54) is 5.56 Å². The second-order valence-corrected chi connectivity index (χ2v) is 8.09. The fourth-order valence-corrected chi connectivity index (χ4v) is 4.44. The van der Waals surface area contributed by atoms with E-state index in [0.717, 1.165) is 32.1 Å². The highest BCUT2D eigenvalue weighted by Gasteiger charge is 2.11. The lowest BCUT2D eigenvalue weighted by Crippen LogP contribution is -2.00. The quantitative estimate of drug-likeness (QED) is 0.402. The van der Waals surface area contributed by atoms with Crippen LogP contribution < -0.4 is 14.8 Å². The maximum absolute atomic E-state index is 5.45. The average Bonchev–Trinajstić information content (AvgIpc) is 3.40. The number of pyridine rings is 1. The van der Waals surface area contributed by atoms with Gasteiger partial charge in [0.15, 0.2) is 16.6 Å². The van der Waals surface area contributed by atoms with Gasteiger partial charge in [-0.2, -0.15) is 0 Å². The highest BCUT2D eigenvalue weighted by atomic mass is 32.1. The van der Waals surface area contributed by atoms with E-state index in [4.69, 9.17) is 9.47 Å². The Balaban J connectivity index is 1.38. The number of fused-ring (bicyclic) bond motifs is 2. The Kier molecular flexibility index (Phi) is 5.13. The van der Waals surface area contributed by atoms with Crippen molar-refractivity contribution in [2.45, 2.75) is 13.1 Å². The van der Waals surface area contributed by atoms with Crippen LogP contribution in [0.3, 0.4) is 0 Å². The third-order valence-electron chi connectivity index (χ3n) is 5.08. The second-order valence-electron chi connectivity index (χ2n) is 7.06. The van der Waals surface area contributed by atoms with E-state index >= 15 is 0 Å². The number of benzene rings is 2. The van der Waals surface area contributed by atoms with Gasteiger partial charge in [0.2, 0.25) is 0 Å². The van der Waals surface area contributed by atoms with E-state index in [0.29, 0.717) is 24.6 Å². The van der Waals surface area contributed by atoms with Gasteiger partial charge in [-0.3, -0.25) is 4.98 Å². The molecule has 31 heavy (non-hydrogen) atoms. The lowest BCUT2D eigenvalue weighted by Gasteiger charge is -2.09. The van der Waals surface area contributed by atoms with E-state index in [1.807, 2.05) is 36.7 Å².